The first-order chi connectivity index (χ1) is 7.20. The fraction of sp³-hybridized carbons (Fsp3) is 0.500. The molecule has 0 spiro atoms. The number of likely N-dealkylation sites (tertiary alicyclic amines) is 1. The summed E-state index contributed by atoms with van der Waals surface area (Å²) in [6.45, 7) is 3.11. The largest absolute Gasteiger partial charge is 0.336 e. The second kappa shape index (κ2) is 3.99. The van der Waals surface area contributed by atoms with Gasteiger partial charge in [0.2, 0.25) is 5.91 Å². The molecule has 1 amide bonds. The van der Waals surface area contributed by atoms with Crippen LogP contribution in [0.15, 0.2) is 5.51 Å². The molecule has 1 atom stereocenters. The van der Waals surface area contributed by atoms with E-state index >= 15 is 0 Å². The first-order valence-corrected chi connectivity index (χ1v) is 5.65. The molecule has 0 N–H and O–H groups in total. The van der Waals surface area contributed by atoms with E-state index in [1.54, 1.807) is 21.7 Å². The summed E-state index contributed by atoms with van der Waals surface area (Å²) >= 11 is 1.56. The van der Waals surface area contributed by atoms with Crippen LogP contribution in [0.3, 0.4) is 0 Å². The first kappa shape index (κ1) is 10.1. The normalized spacial score (nSPS) is 20.7. The maximum atomic E-state index is 11.5. The Bertz CT molecular complexity index is 421. The van der Waals surface area contributed by atoms with Gasteiger partial charge in [0.15, 0.2) is 0 Å². The molecule has 0 aromatic carbocycles. The maximum Gasteiger partial charge on any atom is 0.224 e. The van der Waals surface area contributed by atoms with E-state index in [0.717, 1.165) is 10.6 Å². The molecule has 0 saturated carbocycles. The molecule has 0 radical (unpaired) electrons. The van der Waals surface area contributed by atoms with Crippen LogP contribution >= 0.6 is 11.3 Å². The van der Waals surface area contributed by atoms with Gasteiger partial charge < -0.3 is 4.90 Å². The van der Waals surface area contributed by atoms with Gasteiger partial charge in [0.25, 0.3) is 0 Å². The number of carbonyl (C=O) groups is 1. The van der Waals surface area contributed by atoms with Crippen molar-refractivity contribution in [2.24, 2.45) is 5.92 Å². The summed E-state index contributed by atoms with van der Waals surface area (Å²) in [5, 5.41) is 8.74. The Morgan fingerprint density at radius 3 is 3.13 bits per heavy atom. The minimum atomic E-state index is -0.134. The Kier molecular flexibility index (Phi) is 2.69. The Labute approximate surface area is 92.2 Å². The van der Waals surface area contributed by atoms with Crippen molar-refractivity contribution in [3.63, 3.8) is 0 Å². The summed E-state index contributed by atoms with van der Waals surface area (Å²) in [6, 6.07) is 2.14. The van der Waals surface area contributed by atoms with E-state index in [9.17, 15) is 4.79 Å². The van der Waals surface area contributed by atoms with Crippen molar-refractivity contribution in [2.75, 3.05) is 6.54 Å². The number of nitrogens with zero attached hydrogens (tertiary/aromatic N) is 3. The minimum Gasteiger partial charge on any atom is -0.336 e. The van der Waals surface area contributed by atoms with Crippen LogP contribution in [-0.4, -0.2) is 22.3 Å². The van der Waals surface area contributed by atoms with Crippen LogP contribution in [0.1, 0.15) is 17.0 Å². The van der Waals surface area contributed by atoms with Crippen LogP contribution in [0.4, 0.5) is 0 Å². The van der Waals surface area contributed by atoms with Gasteiger partial charge in [-0.1, -0.05) is 0 Å². The third-order valence-corrected chi connectivity index (χ3v) is 3.50. The third-order valence-electron chi connectivity index (χ3n) is 2.58. The van der Waals surface area contributed by atoms with Gasteiger partial charge in [-0.15, -0.1) is 11.3 Å². The molecule has 15 heavy (non-hydrogen) atoms. The summed E-state index contributed by atoms with van der Waals surface area (Å²) in [7, 11) is 0. The van der Waals surface area contributed by atoms with Crippen LogP contribution in [0.2, 0.25) is 0 Å². The fourth-order valence-corrected chi connectivity index (χ4v) is 2.45. The van der Waals surface area contributed by atoms with Crippen LogP contribution in [-0.2, 0) is 11.3 Å². The first-order valence-electron chi connectivity index (χ1n) is 4.77. The van der Waals surface area contributed by atoms with Gasteiger partial charge in [-0.05, 0) is 6.92 Å². The maximum absolute atomic E-state index is 11.5. The molecule has 0 bridgehead atoms. The van der Waals surface area contributed by atoms with Gasteiger partial charge in [-0.2, -0.15) is 5.26 Å². The molecule has 1 fully saturated rings. The van der Waals surface area contributed by atoms with Crippen molar-refractivity contribution in [1.82, 2.24) is 9.88 Å². The van der Waals surface area contributed by atoms with E-state index in [2.05, 4.69) is 11.1 Å². The van der Waals surface area contributed by atoms with Gasteiger partial charge in [-0.25, -0.2) is 4.98 Å². The Morgan fingerprint density at radius 2 is 2.60 bits per heavy atom. The number of rotatable bonds is 2. The lowest BCUT2D eigenvalue weighted by molar-refractivity contribution is -0.128. The Morgan fingerprint density at radius 1 is 1.80 bits per heavy atom. The highest BCUT2D eigenvalue weighted by molar-refractivity contribution is 7.09. The van der Waals surface area contributed by atoms with Gasteiger partial charge in [-0.3, -0.25) is 4.79 Å². The van der Waals surface area contributed by atoms with Gasteiger partial charge >= 0.3 is 0 Å². The van der Waals surface area contributed by atoms with Crippen molar-refractivity contribution in [3.8, 4) is 6.07 Å². The molecular weight excluding hydrogens is 210 g/mol. The highest BCUT2D eigenvalue weighted by Crippen LogP contribution is 2.22. The zero-order chi connectivity index (χ0) is 10.8. The molecule has 1 aliphatic heterocycles. The molecule has 1 aromatic heterocycles. The second-order valence-corrected chi connectivity index (χ2v) is 4.60. The van der Waals surface area contributed by atoms with Crippen LogP contribution < -0.4 is 0 Å². The average Bonchev–Trinajstić information content (AvgIpc) is 2.76. The Hall–Kier alpha value is -1.41. The topological polar surface area (TPSA) is 57.0 Å². The van der Waals surface area contributed by atoms with Crippen molar-refractivity contribution >= 4 is 17.2 Å². The van der Waals surface area contributed by atoms with Gasteiger partial charge in [0, 0.05) is 17.8 Å². The van der Waals surface area contributed by atoms with Crippen molar-refractivity contribution in [3.05, 3.63) is 16.1 Å². The zero-order valence-corrected chi connectivity index (χ0v) is 9.25. The summed E-state index contributed by atoms with van der Waals surface area (Å²) in [5.41, 5.74) is 2.76. The molecule has 5 heteroatoms. The fourth-order valence-electron chi connectivity index (χ4n) is 1.66. The highest BCUT2D eigenvalue weighted by Gasteiger charge is 2.29. The SMILES string of the molecule is Cc1ncsc1CN1CC(C#N)CC1=O. The van der Waals surface area contributed by atoms with Crippen molar-refractivity contribution in [2.45, 2.75) is 19.9 Å². The summed E-state index contributed by atoms with van der Waals surface area (Å²) in [4.78, 5) is 18.5. The van der Waals surface area contributed by atoms with E-state index in [1.165, 1.54) is 0 Å². The number of hydrogen-bond donors (Lipinski definition) is 0. The summed E-state index contributed by atoms with van der Waals surface area (Å²) < 4.78 is 0. The monoisotopic (exact) mass is 221 g/mol. The number of hydrogen-bond acceptors (Lipinski definition) is 4. The standard InChI is InChI=1S/C10H11N3OS/c1-7-9(15-6-12-7)5-13-4-8(3-11)2-10(13)14/h6,8H,2,4-5H2,1H3. The lowest BCUT2D eigenvalue weighted by atomic mass is 10.1. The molecular formula is C10H11N3OS. The molecule has 78 valence electrons. The quantitative estimate of drug-likeness (QED) is 0.757. The average molecular weight is 221 g/mol. The van der Waals surface area contributed by atoms with Crippen LogP contribution in [0.5, 0.6) is 0 Å². The number of aromatic nitrogens is 1. The number of carbonyl (C=O) groups excluding carboxylic acids is 1. The number of amides is 1. The molecule has 1 aliphatic rings. The molecule has 1 unspecified atom stereocenters. The summed E-state index contributed by atoms with van der Waals surface area (Å²) in [6.07, 6.45) is 0.369. The van der Waals surface area contributed by atoms with E-state index < -0.39 is 0 Å². The van der Waals surface area contributed by atoms with Crippen molar-refractivity contribution < 1.29 is 4.79 Å². The molecule has 0 aliphatic carbocycles. The third kappa shape index (κ3) is 2.00. The Balaban J connectivity index is 2.05. The lowest BCUT2D eigenvalue weighted by Gasteiger charge is -2.14. The van der Waals surface area contributed by atoms with E-state index in [-0.39, 0.29) is 11.8 Å². The molecule has 2 heterocycles. The number of aryl methyl sites for hydroxylation is 1. The molecule has 1 aromatic rings. The van der Waals surface area contributed by atoms with Gasteiger partial charge in [0.05, 0.1) is 29.7 Å². The van der Waals surface area contributed by atoms with E-state index in [1.807, 2.05) is 6.92 Å². The summed E-state index contributed by atoms with van der Waals surface area (Å²) in [5.74, 6) is -0.0555. The van der Waals surface area contributed by atoms with E-state index in [4.69, 9.17) is 5.26 Å². The number of thiazole rings is 1. The highest BCUT2D eigenvalue weighted by atomic mass is 32.1. The lowest BCUT2D eigenvalue weighted by Crippen LogP contribution is -2.24. The van der Waals surface area contributed by atoms with E-state index in [0.29, 0.717) is 19.5 Å². The molecule has 1 saturated heterocycles. The smallest absolute Gasteiger partial charge is 0.224 e. The van der Waals surface area contributed by atoms with Crippen LogP contribution in [0, 0.1) is 24.2 Å². The second-order valence-electron chi connectivity index (χ2n) is 3.67. The minimum absolute atomic E-state index is 0.0781. The number of nitriles is 1. The molecule has 4 nitrogen and oxygen atoms in total. The van der Waals surface area contributed by atoms with Gasteiger partial charge in [0.1, 0.15) is 0 Å². The van der Waals surface area contributed by atoms with Crippen molar-refractivity contribution in [1.29, 1.82) is 5.26 Å². The van der Waals surface area contributed by atoms with Crippen LogP contribution in [0.25, 0.3) is 0 Å². The predicted molar refractivity (Wildman–Crippen MR) is 56.0 cm³/mol. The molecule has 2 rings (SSSR count). The zero-order valence-electron chi connectivity index (χ0n) is 8.43. The predicted octanol–water partition coefficient (Wildman–Crippen LogP) is 1.32.